The quantitative estimate of drug-likeness (QED) is 0.353. The third-order valence-electron chi connectivity index (χ3n) is 9.20. The van der Waals surface area contributed by atoms with Crippen molar-refractivity contribution < 1.29 is 14.4 Å². The minimum atomic E-state index is -1.27. The van der Waals surface area contributed by atoms with Crippen LogP contribution in [0, 0.1) is 18.3 Å². The summed E-state index contributed by atoms with van der Waals surface area (Å²) in [6.45, 7) is 12.0. The van der Waals surface area contributed by atoms with Gasteiger partial charge in [0, 0.05) is 27.9 Å². The van der Waals surface area contributed by atoms with Gasteiger partial charge in [-0.3, -0.25) is 14.4 Å². The molecule has 1 saturated heterocycles. The van der Waals surface area contributed by atoms with Crippen molar-refractivity contribution in [1.82, 2.24) is 0 Å². The van der Waals surface area contributed by atoms with E-state index >= 15 is 0 Å². The Kier molecular flexibility index (Phi) is 6.33. The fourth-order valence-corrected chi connectivity index (χ4v) is 7.29. The van der Waals surface area contributed by atoms with Gasteiger partial charge < -0.3 is 10.2 Å². The molecule has 3 heterocycles. The number of nitrogens with one attached hydrogen (secondary N) is 1. The first-order valence-electron chi connectivity index (χ1n) is 14.7. The summed E-state index contributed by atoms with van der Waals surface area (Å²) < 4.78 is 0. The van der Waals surface area contributed by atoms with Crippen LogP contribution in [-0.4, -0.2) is 29.6 Å². The van der Waals surface area contributed by atoms with Gasteiger partial charge in [-0.1, -0.05) is 94.3 Å². The molecule has 1 spiro atoms. The minimum absolute atomic E-state index is 0.0445. The lowest BCUT2D eigenvalue weighted by atomic mass is 9.63. The summed E-state index contributed by atoms with van der Waals surface area (Å²) in [5.41, 5.74) is 5.26. The molecule has 0 bridgehead atoms. The molecule has 5 nitrogen and oxygen atoms in total. The lowest BCUT2D eigenvalue weighted by molar-refractivity contribution is -0.128. The Balaban J connectivity index is 1.66. The number of amides is 1. The third-order valence-corrected chi connectivity index (χ3v) is 9.20. The second-order valence-electron chi connectivity index (χ2n) is 12.9. The lowest BCUT2D eigenvalue weighted by Crippen LogP contribution is -2.51. The Labute approximate surface area is 242 Å². The normalized spacial score (nSPS) is 24.4. The van der Waals surface area contributed by atoms with Crippen molar-refractivity contribution in [2.24, 2.45) is 11.3 Å². The van der Waals surface area contributed by atoms with Gasteiger partial charge in [0.25, 0.3) is 0 Å². The van der Waals surface area contributed by atoms with E-state index in [0.717, 1.165) is 46.4 Å². The largest absolute Gasteiger partial charge is 0.352 e. The standard InChI is InChI=1S/C36H38N2O3/c1-7-10-23-14-16-24(17-15-23)32(39)30-31(33(40)35(4,5)6)38-28-18-13-21(2)19-25(28)22(3)20-29(38)36(30)26-11-8-9-12-27(26)37-34(36)41/h8-9,11-20,29-31H,7,10H2,1-6H3,(H,37,41). The summed E-state index contributed by atoms with van der Waals surface area (Å²) >= 11 is 0. The molecular formula is C36H38N2O3. The lowest BCUT2D eigenvalue weighted by Gasteiger charge is -2.40. The van der Waals surface area contributed by atoms with Crippen LogP contribution in [0.5, 0.6) is 0 Å². The molecule has 1 amide bonds. The fraction of sp³-hybridized carbons (Fsp3) is 0.361. The van der Waals surface area contributed by atoms with Crippen LogP contribution in [0.3, 0.4) is 0 Å². The molecule has 3 aromatic carbocycles. The van der Waals surface area contributed by atoms with Crippen molar-refractivity contribution in [3.05, 3.63) is 101 Å². The molecule has 4 atom stereocenters. The Morgan fingerprint density at radius 3 is 2.37 bits per heavy atom. The van der Waals surface area contributed by atoms with Gasteiger partial charge in [0.05, 0.1) is 12.0 Å². The fourth-order valence-electron chi connectivity index (χ4n) is 7.29. The number of Topliss-reactive ketones (excluding diaryl/α,β-unsaturated/α-hetero) is 2. The van der Waals surface area contributed by atoms with E-state index in [1.165, 1.54) is 0 Å². The smallest absolute Gasteiger partial charge is 0.238 e. The molecule has 4 unspecified atom stereocenters. The number of nitrogens with zero attached hydrogens (tertiary/aromatic N) is 1. The Bertz CT molecular complexity index is 1610. The zero-order chi connectivity index (χ0) is 29.3. The predicted molar refractivity (Wildman–Crippen MR) is 164 cm³/mol. The SMILES string of the molecule is CCCc1ccc(C(=O)C2C(C(=O)C(C)(C)C)N3c4ccc(C)cc4C(C)=CC3C23C(=O)Nc2ccccc23)cc1. The van der Waals surface area contributed by atoms with E-state index in [0.29, 0.717) is 11.3 Å². The molecule has 0 radical (unpaired) electrons. The van der Waals surface area contributed by atoms with Crippen LogP contribution in [0.25, 0.3) is 5.57 Å². The highest BCUT2D eigenvalue weighted by Crippen LogP contribution is 2.59. The number of benzene rings is 3. The van der Waals surface area contributed by atoms with Gasteiger partial charge in [0.1, 0.15) is 11.5 Å². The van der Waals surface area contributed by atoms with Crippen molar-refractivity contribution in [3.63, 3.8) is 0 Å². The number of hydrogen-bond donors (Lipinski definition) is 1. The van der Waals surface area contributed by atoms with Crippen LogP contribution >= 0.6 is 0 Å². The number of rotatable bonds is 5. The zero-order valence-corrected chi connectivity index (χ0v) is 24.7. The minimum Gasteiger partial charge on any atom is -0.352 e. The Morgan fingerprint density at radius 1 is 0.976 bits per heavy atom. The molecule has 210 valence electrons. The van der Waals surface area contributed by atoms with E-state index in [9.17, 15) is 14.4 Å². The maximum Gasteiger partial charge on any atom is 0.238 e. The van der Waals surface area contributed by atoms with Crippen LogP contribution in [0.2, 0.25) is 0 Å². The number of aryl methyl sites for hydroxylation is 2. The predicted octanol–water partition coefficient (Wildman–Crippen LogP) is 6.93. The van der Waals surface area contributed by atoms with Crippen LogP contribution in [0.1, 0.15) is 73.7 Å². The summed E-state index contributed by atoms with van der Waals surface area (Å²) in [6.07, 6.45) is 4.06. The third kappa shape index (κ3) is 3.93. The average Bonchev–Trinajstić information content (AvgIpc) is 3.40. The summed E-state index contributed by atoms with van der Waals surface area (Å²) in [6, 6.07) is 20.3. The van der Waals surface area contributed by atoms with Gasteiger partial charge >= 0.3 is 0 Å². The van der Waals surface area contributed by atoms with E-state index in [4.69, 9.17) is 0 Å². The van der Waals surface area contributed by atoms with E-state index in [1.807, 2.05) is 75.4 Å². The highest BCUT2D eigenvalue weighted by Gasteiger charge is 2.71. The van der Waals surface area contributed by atoms with Crippen molar-refractivity contribution >= 4 is 34.4 Å². The second-order valence-corrected chi connectivity index (χ2v) is 12.9. The molecule has 6 rings (SSSR count). The number of hydrogen-bond acceptors (Lipinski definition) is 4. The van der Waals surface area contributed by atoms with Crippen molar-refractivity contribution in [3.8, 4) is 0 Å². The summed E-state index contributed by atoms with van der Waals surface area (Å²) in [5.74, 6) is -1.36. The molecule has 0 aromatic heterocycles. The van der Waals surface area contributed by atoms with Crippen LogP contribution < -0.4 is 10.2 Å². The van der Waals surface area contributed by atoms with Crippen molar-refractivity contribution in [1.29, 1.82) is 0 Å². The summed E-state index contributed by atoms with van der Waals surface area (Å²) in [5, 5.41) is 3.11. The first-order chi connectivity index (χ1) is 19.5. The molecule has 0 aliphatic carbocycles. The van der Waals surface area contributed by atoms with Crippen LogP contribution in [0.15, 0.2) is 72.8 Å². The van der Waals surface area contributed by atoms with Crippen LogP contribution in [0.4, 0.5) is 11.4 Å². The molecule has 1 fully saturated rings. The molecule has 1 N–H and O–H groups in total. The number of fused-ring (bicyclic) bond motifs is 6. The highest BCUT2D eigenvalue weighted by molar-refractivity contribution is 6.17. The van der Waals surface area contributed by atoms with Gasteiger partial charge in [-0.05, 0) is 55.2 Å². The highest BCUT2D eigenvalue weighted by atomic mass is 16.2. The number of carbonyl (C=O) groups is 3. The van der Waals surface area contributed by atoms with Gasteiger partial charge in [-0.2, -0.15) is 0 Å². The maximum absolute atomic E-state index is 14.9. The molecule has 0 saturated carbocycles. The van der Waals surface area contributed by atoms with Crippen molar-refractivity contribution in [2.45, 2.75) is 71.9 Å². The molecule has 5 heteroatoms. The molecule has 41 heavy (non-hydrogen) atoms. The molecule has 3 aliphatic rings. The maximum atomic E-state index is 14.9. The number of carbonyl (C=O) groups excluding carboxylic acids is 3. The van der Waals surface area contributed by atoms with Gasteiger partial charge in [0.2, 0.25) is 5.91 Å². The van der Waals surface area contributed by atoms with Crippen molar-refractivity contribution in [2.75, 3.05) is 10.2 Å². The van der Waals surface area contributed by atoms with E-state index in [1.54, 1.807) is 0 Å². The molecule has 3 aliphatic heterocycles. The summed E-state index contributed by atoms with van der Waals surface area (Å²) in [7, 11) is 0. The number of allylic oxidation sites excluding steroid dienone is 1. The first-order valence-corrected chi connectivity index (χ1v) is 14.7. The monoisotopic (exact) mass is 546 g/mol. The summed E-state index contributed by atoms with van der Waals surface area (Å²) in [4.78, 5) is 46.0. The van der Waals surface area contributed by atoms with Gasteiger partial charge in [-0.25, -0.2) is 0 Å². The number of para-hydroxylation sites is 1. The average molecular weight is 547 g/mol. The van der Waals surface area contributed by atoms with E-state index in [-0.39, 0.29) is 17.5 Å². The topological polar surface area (TPSA) is 66.5 Å². The van der Waals surface area contributed by atoms with E-state index < -0.39 is 28.8 Å². The molecular weight excluding hydrogens is 508 g/mol. The Hall–Kier alpha value is -3.99. The molecule has 3 aromatic rings. The first kappa shape index (κ1) is 27.2. The van der Waals surface area contributed by atoms with Gasteiger partial charge in [-0.15, -0.1) is 0 Å². The van der Waals surface area contributed by atoms with Gasteiger partial charge in [0.15, 0.2) is 11.6 Å². The second kappa shape index (κ2) is 9.54. The van der Waals surface area contributed by atoms with E-state index in [2.05, 4.69) is 49.2 Å². The number of anilines is 2. The van der Waals surface area contributed by atoms with Crippen LogP contribution in [-0.2, 0) is 21.4 Å². The Morgan fingerprint density at radius 2 is 1.68 bits per heavy atom. The number of ketones is 2. The zero-order valence-electron chi connectivity index (χ0n) is 24.7.